The number of rotatable bonds is 3. The summed E-state index contributed by atoms with van der Waals surface area (Å²) in [5.41, 5.74) is 8.64. The zero-order valence-electron chi connectivity index (χ0n) is 24.9. The molecule has 0 saturated heterocycles. The van der Waals surface area contributed by atoms with Gasteiger partial charge in [0.25, 0.3) is 0 Å². The molecule has 5 heteroatoms. The van der Waals surface area contributed by atoms with Crippen molar-refractivity contribution in [3.63, 3.8) is 0 Å². The van der Waals surface area contributed by atoms with Crippen LogP contribution in [0.5, 0.6) is 0 Å². The maximum absolute atomic E-state index is 5.38. The molecule has 0 unspecified atom stereocenters. The van der Waals surface area contributed by atoms with Crippen molar-refractivity contribution in [3.05, 3.63) is 127 Å². The standard InChI is InChI=1S/C39H30N4Si/c1-44(2,3)26-22-20-25(21-23-26)31-24-32-28-13-7-10-18-35(28)42(37(32)29-14-5-4-12-27(29)31)39-41-33-16-8-6-15-30(33)38-40-34-17-9-11-19-36(34)43(38)39/h4-24H,1-3H3. The first-order chi connectivity index (χ1) is 21.5. The minimum absolute atomic E-state index is 0.844. The van der Waals surface area contributed by atoms with Gasteiger partial charge < -0.3 is 0 Å². The molecule has 0 aliphatic heterocycles. The number of para-hydroxylation sites is 4. The van der Waals surface area contributed by atoms with Gasteiger partial charge in [-0.1, -0.05) is 116 Å². The maximum atomic E-state index is 5.38. The van der Waals surface area contributed by atoms with Gasteiger partial charge in [0.05, 0.1) is 35.7 Å². The van der Waals surface area contributed by atoms with E-state index in [1.807, 2.05) is 0 Å². The zero-order valence-corrected chi connectivity index (χ0v) is 25.9. The Bertz CT molecular complexity index is 2580. The van der Waals surface area contributed by atoms with Crippen molar-refractivity contribution in [2.45, 2.75) is 19.6 Å². The molecular weight excluding hydrogens is 553 g/mol. The van der Waals surface area contributed by atoms with Crippen LogP contribution in [0.3, 0.4) is 0 Å². The molecular formula is C39H30N4Si. The van der Waals surface area contributed by atoms with Crippen LogP contribution in [0.2, 0.25) is 19.6 Å². The third-order valence-corrected chi connectivity index (χ3v) is 11.1. The van der Waals surface area contributed by atoms with Crippen LogP contribution in [0.15, 0.2) is 127 Å². The van der Waals surface area contributed by atoms with Crippen molar-refractivity contribution in [3.8, 4) is 17.1 Å². The van der Waals surface area contributed by atoms with E-state index in [1.165, 1.54) is 37.9 Å². The highest BCUT2D eigenvalue weighted by atomic mass is 28.3. The Morgan fingerprint density at radius 1 is 0.523 bits per heavy atom. The zero-order chi connectivity index (χ0) is 29.6. The number of hydrogen-bond donors (Lipinski definition) is 0. The molecule has 0 bridgehead atoms. The maximum Gasteiger partial charge on any atom is 0.221 e. The van der Waals surface area contributed by atoms with Crippen LogP contribution in [0.1, 0.15) is 0 Å². The first-order valence-electron chi connectivity index (χ1n) is 15.2. The van der Waals surface area contributed by atoms with Crippen LogP contribution in [0.25, 0.3) is 77.2 Å². The first-order valence-corrected chi connectivity index (χ1v) is 18.7. The summed E-state index contributed by atoms with van der Waals surface area (Å²) in [5, 5.41) is 7.39. The highest BCUT2D eigenvalue weighted by Gasteiger charge is 2.23. The van der Waals surface area contributed by atoms with Gasteiger partial charge in [-0.15, -0.1) is 0 Å². The summed E-state index contributed by atoms with van der Waals surface area (Å²) in [6.07, 6.45) is 0. The van der Waals surface area contributed by atoms with E-state index in [1.54, 1.807) is 0 Å². The van der Waals surface area contributed by atoms with Gasteiger partial charge in [-0.25, -0.2) is 9.97 Å². The van der Waals surface area contributed by atoms with Crippen molar-refractivity contribution in [2.24, 2.45) is 0 Å². The first kappa shape index (κ1) is 25.3. The molecule has 0 radical (unpaired) electrons. The van der Waals surface area contributed by atoms with E-state index >= 15 is 0 Å². The molecule has 3 heterocycles. The Morgan fingerprint density at radius 2 is 1.14 bits per heavy atom. The minimum Gasteiger partial charge on any atom is -0.278 e. The van der Waals surface area contributed by atoms with E-state index < -0.39 is 8.07 Å². The summed E-state index contributed by atoms with van der Waals surface area (Å²) in [6.45, 7) is 7.21. The molecule has 0 atom stereocenters. The second-order valence-corrected chi connectivity index (χ2v) is 17.8. The van der Waals surface area contributed by atoms with Gasteiger partial charge in [0.1, 0.15) is 5.65 Å². The minimum atomic E-state index is -1.40. The molecule has 0 amide bonds. The molecule has 0 aliphatic carbocycles. The highest BCUT2D eigenvalue weighted by molar-refractivity contribution is 6.88. The van der Waals surface area contributed by atoms with Crippen molar-refractivity contribution < 1.29 is 0 Å². The summed E-state index contributed by atoms with van der Waals surface area (Å²) < 4.78 is 4.60. The van der Waals surface area contributed by atoms with Crippen LogP contribution in [0.4, 0.5) is 0 Å². The van der Waals surface area contributed by atoms with Crippen LogP contribution >= 0.6 is 0 Å². The molecule has 0 fully saturated rings. The molecule has 9 aromatic rings. The number of aromatic nitrogens is 4. The van der Waals surface area contributed by atoms with E-state index in [0.29, 0.717) is 0 Å². The van der Waals surface area contributed by atoms with Gasteiger partial charge in [-0.3, -0.25) is 8.97 Å². The van der Waals surface area contributed by atoms with Gasteiger partial charge in [0.2, 0.25) is 5.95 Å². The second kappa shape index (κ2) is 9.12. The van der Waals surface area contributed by atoms with Crippen LogP contribution in [-0.2, 0) is 0 Å². The lowest BCUT2D eigenvalue weighted by atomic mass is 9.95. The smallest absolute Gasteiger partial charge is 0.221 e. The Hall–Kier alpha value is -5.26. The lowest BCUT2D eigenvalue weighted by Crippen LogP contribution is -2.37. The molecule has 0 spiro atoms. The van der Waals surface area contributed by atoms with E-state index in [0.717, 1.165) is 44.6 Å². The quantitative estimate of drug-likeness (QED) is 0.195. The Labute approximate surface area is 255 Å². The summed E-state index contributed by atoms with van der Waals surface area (Å²) in [6, 6.07) is 45.9. The van der Waals surface area contributed by atoms with E-state index in [4.69, 9.17) is 9.97 Å². The SMILES string of the molecule is C[Si](C)(C)c1ccc(-c2cc3c4ccccc4n(-c4nc5ccccc5c5nc6ccccc6n45)c3c3ccccc23)cc1. The fraction of sp³-hybridized carbons (Fsp3) is 0.0769. The Balaban J connectivity index is 1.45. The summed E-state index contributed by atoms with van der Waals surface area (Å²) in [7, 11) is -1.40. The number of fused-ring (bicyclic) bond motifs is 10. The van der Waals surface area contributed by atoms with Gasteiger partial charge in [0.15, 0.2) is 0 Å². The van der Waals surface area contributed by atoms with Crippen LogP contribution in [0, 0.1) is 0 Å². The average Bonchev–Trinajstić information content (AvgIpc) is 3.61. The van der Waals surface area contributed by atoms with Crippen LogP contribution in [-0.4, -0.2) is 27.0 Å². The third-order valence-electron chi connectivity index (χ3n) is 9.06. The summed E-state index contributed by atoms with van der Waals surface area (Å²) in [5.74, 6) is 0.844. The second-order valence-electron chi connectivity index (χ2n) is 12.7. The molecule has 3 aromatic heterocycles. The monoisotopic (exact) mass is 582 g/mol. The number of benzene rings is 6. The lowest BCUT2D eigenvalue weighted by molar-refractivity contribution is 0.982. The van der Waals surface area contributed by atoms with E-state index in [9.17, 15) is 0 Å². The molecule has 210 valence electrons. The lowest BCUT2D eigenvalue weighted by Gasteiger charge is -2.17. The predicted octanol–water partition coefficient (Wildman–Crippen LogP) is 9.50. The van der Waals surface area contributed by atoms with Crippen LogP contribution < -0.4 is 5.19 Å². The molecule has 0 aliphatic rings. The van der Waals surface area contributed by atoms with Crippen molar-refractivity contribution in [1.82, 2.24) is 18.9 Å². The van der Waals surface area contributed by atoms with Gasteiger partial charge in [-0.2, -0.15) is 0 Å². The van der Waals surface area contributed by atoms with Crippen molar-refractivity contribution in [2.75, 3.05) is 0 Å². The third kappa shape index (κ3) is 3.56. The Kier molecular flexibility index (Phi) is 5.23. The molecule has 4 nitrogen and oxygen atoms in total. The van der Waals surface area contributed by atoms with Gasteiger partial charge in [0, 0.05) is 21.5 Å². The average molecular weight is 583 g/mol. The number of hydrogen-bond acceptors (Lipinski definition) is 2. The largest absolute Gasteiger partial charge is 0.278 e. The summed E-state index contributed by atoms with van der Waals surface area (Å²) in [4.78, 5) is 10.5. The van der Waals surface area contributed by atoms with Gasteiger partial charge >= 0.3 is 0 Å². The summed E-state index contributed by atoms with van der Waals surface area (Å²) >= 11 is 0. The van der Waals surface area contributed by atoms with Crippen molar-refractivity contribution in [1.29, 1.82) is 0 Å². The van der Waals surface area contributed by atoms with Crippen molar-refractivity contribution >= 4 is 73.4 Å². The molecule has 0 N–H and O–H groups in total. The van der Waals surface area contributed by atoms with E-state index in [-0.39, 0.29) is 0 Å². The molecule has 0 saturated carbocycles. The number of nitrogens with zero attached hydrogens (tertiary/aromatic N) is 4. The van der Waals surface area contributed by atoms with Gasteiger partial charge in [-0.05, 0) is 52.9 Å². The topological polar surface area (TPSA) is 35.1 Å². The highest BCUT2D eigenvalue weighted by Crippen LogP contribution is 2.41. The normalized spacial score (nSPS) is 12.4. The fourth-order valence-electron chi connectivity index (χ4n) is 6.90. The molecule has 6 aromatic carbocycles. The molecule has 9 rings (SSSR count). The number of imidazole rings is 1. The fourth-order valence-corrected chi connectivity index (χ4v) is 8.06. The Morgan fingerprint density at radius 3 is 1.89 bits per heavy atom. The predicted molar refractivity (Wildman–Crippen MR) is 188 cm³/mol. The van der Waals surface area contributed by atoms with E-state index in [2.05, 4.69) is 156 Å². The molecule has 44 heavy (non-hydrogen) atoms.